The molecule has 136 valence electrons. The van der Waals surface area contributed by atoms with Gasteiger partial charge >= 0.3 is 5.97 Å². The molecule has 5 nitrogen and oxygen atoms in total. The zero-order valence-corrected chi connectivity index (χ0v) is 15.2. The smallest absolute Gasteiger partial charge is 0.319 e. The lowest BCUT2D eigenvalue weighted by molar-refractivity contribution is -0.155. The number of nitrogens with one attached hydrogen (secondary N) is 1. The first-order chi connectivity index (χ1) is 12.7. The molecule has 1 fully saturated rings. The Hall–Kier alpha value is -2.27. The van der Waals surface area contributed by atoms with Crippen molar-refractivity contribution < 1.29 is 14.3 Å². The zero-order valence-electron chi connectivity index (χ0n) is 15.2. The summed E-state index contributed by atoms with van der Waals surface area (Å²) < 4.78 is 11.0. The summed E-state index contributed by atoms with van der Waals surface area (Å²) in [6, 6.07) is 8.34. The van der Waals surface area contributed by atoms with Gasteiger partial charge in [0.1, 0.15) is 5.41 Å². The highest BCUT2D eigenvalue weighted by molar-refractivity contribution is 5.91. The second-order valence-corrected chi connectivity index (χ2v) is 7.70. The second-order valence-electron chi connectivity index (χ2n) is 7.70. The Morgan fingerprint density at radius 2 is 2.15 bits per heavy atom. The molecule has 0 amide bonds. The van der Waals surface area contributed by atoms with Crippen molar-refractivity contribution in [2.75, 3.05) is 27.3 Å². The van der Waals surface area contributed by atoms with E-state index < -0.39 is 5.41 Å². The van der Waals surface area contributed by atoms with Crippen LogP contribution >= 0.6 is 0 Å². The van der Waals surface area contributed by atoms with E-state index in [9.17, 15) is 4.79 Å². The molecule has 2 unspecified atom stereocenters. The van der Waals surface area contributed by atoms with Gasteiger partial charge in [-0.2, -0.15) is 0 Å². The molecule has 1 N–H and O–H groups in total. The molecule has 0 saturated carbocycles. The molecule has 6 rings (SSSR count). The molecule has 4 heterocycles. The largest absolute Gasteiger partial charge is 0.501 e. The quantitative estimate of drug-likeness (QED) is 0.845. The average molecular weight is 352 g/mol. The minimum atomic E-state index is -0.686. The van der Waals surface area contributed by atoms with Gasteiger partial charge < -0.3 is 14.5 Å². The van der Waals surface area contributed by atoms with Gasteiger partial charge in [-0.15, -0.1) is 0 Å². The number of nitrogens with zero attached hydrogens (tertiary/aromatic N) is 1. The van der Waals surface area contributed by atoms with Gasteiger partial charge in [-0.1, -0.05) is 18.2 Å². The summed E-state index contributed by atoms with van der Waals surface area (Å²) in [5.41, 5.74) is 2.75. The number of aryl methyl sites for hydroxylation is 1. The summed E-state index contributed by atoms with van der Waals surface area (Å²) in [7, 11) is 3.24. The van der Waals surface area contributed by atoms with Gasteiger partial charge in [0.15, 0.2) is 0 Å². The normalized spacial score (nSPS) is 32.4. The van der Waals surface area contributed by atoms with Crippen LogP contribution < -0.4 is 0 Å². The standard InChI is InChI=1S/C21H24N2O3/c1-25-17-10-18-21(20(24)26-2)11-13(17)12-23(18)9-5-7-15-14-6-3-4-8-16(14)22-19(15)21/h3-4,6,8,10,13,18,22H,5,7,9,11-12H2,1-2H3/t13-,18?,21-/m0/s1. The topological polar surface area (TPSA) is 54.6 Å². The molecule has 1 aromatic heterocycles. The van der Waals surface area contributed by atoms with E-state index in [4.69, 9.17) is 9.47 Å². The number of rotatable bonds is 2. The van der Waals surface area contributed by atoms with E-state index in [2.05, 4.69) is 34.2 Å². The Morgan fingerprint density at radius 3 is 2.92 bits per heavy atom. The molecule has 1 aromatic carbocycles. The van der Waals surface area contributed by atoms with E-state index >= 15 is 0 Å². The van der Waals surface area contributed by atoms with Gasteiger partial charge in [0, 0.05) is 29.1 Å². The Labute approximate surface area is 153 Å². The third-order valence-corrected chi connectivity index (χ3v) is 6.56. The highest BCUT2D eigenvalue weighted by Crippen LogP contribution is 2.51. The third-order valence-electron chi connectivity index (χ3n) is 6.56. The molecular weight excluding hydrogens is 328 g/mol. The fourth-order valence-corrected chi connectivity index (χ4v) is 5.51. The minimum Gasteiger partial charge on any atom is -0.501 e. The Morgan fingerprint density at radius 1 is 1.31 bits per heavy atom. The predicted molar refractivity (Wildman–Crippen MR) is 98.9 cm³/mol. The number of aromatic nitrogens is 1. The maximum Gasteiger partial charge on any atom is 0.319 e. The number of aromatic amines is 1. The molecule has 26 heavy (non-hydrogen) atoms. The number of hydrogen-bond donors (Lipinski definition) is 1. The fraction of sp³-hybridized carbons (Fsp3) is 0.476. The second kappa shape index (κ2) is 5.61. The monoisotopic (exact) mass is 352 g/mol. The van der Waals surface area contributed by atoms with Crippen LogP contribution in [0.25, 0.3) is 10.9 Å². The van der Waals surface area contributed by atoms with Crippen molar-refractivity contribution in [1.29, 1.82) is 0 Å². The number of hydrogen-bond acceptors (Lipinski definition) is 4. The Bertz CT molecular complexity index is 915. The van der Waals surface area contributed by atoms with Gasteiger partial charge in [0.25, 0.3) is 0 Å². The van der Waals surface area contributed by atoms with Crippen molar-refractivity contribution >= 4 is 16.9 Å². The number of ether oxygens (including phenoxy) is 2. The Kier molecular flexibility index (Phi) is 3.44. The van der Waals surface area contributed by atoms with Crippen molar-refractivity contribution in [3.63, 3.8) is 0 Å². The lowest BCUT2D eigenvalue weighted by atomic mass is 9.61. The SMILES string of the molecule is COC(=O)[C@]12C[C@H]3CN(CCCc4c1[nH]c1ccccc41)C2C=C3OC. The third kappa shape index (κ3) is 1.92. The summed E-state index contributed by atoms with van der Waals surface area (Å²) in [6.45, 7) is 1.95. The van der Waals surface area contributed by atoms with E-state index in [1.165, 1.54) is 18.1 Å². The zero-order chi connectivity index (χ0) is 17.9. The summed E-state index contributed by atoms with van der Waals surface area (Å²) in [5, 5.41) is 1.23. The lowest BCUT2D eigenvalue weighted by Crippen LogP contribution is -2.64. The molecule has 5 heteroatoms. The van der Waals surface area contributed by atoms with Crippen molar-refractivity contribution in [2.45, 2.75) is 30.7 Å². The maximum atomic E-state index is 13.2. The van der Waals surface area contributed by atoms with Crippen LogP contribution in [0.5, 0.6) is 0 Å². The number of fused-ring (bicyclic) bond motifs is 3. The van der Waals surface area contributed by atoms with Crippen molar-refractivity contribution in [3.05, 3.63) is 47.4 Å². The molecule has 4 aliphatic rings. The number of para-hydroxylation sites is 1. The number of H-pyrrole nitrogens is 1. The van der Waals surface area contributed by atoms with Crippen LogP contribution in [0.4, 0.5) is 0 Å². The first-order valence-corrected chi connectivity index (χ1v) is 9.37. The molecule has 2 aromatic rings. The average Bonchev–Trinajstić information content (AvgIpc) is 3.05. The van der Waals surface area contributed by atoms with Gasteiger partial charge in [0.05, 0.1) is 26.0 Å². The summed E-state index contributed by atoms with van der Waals surface area (Å²) in [5.74, 6) is 1.10. The number of benzene rings is 1. The summed E-state index contributed by atoms with van der Waals surface area (Å²) in [4.78, 5) is 19.3. The highest BCUT2D eigenvalue weighted by Gasteiger charge is 2.59. The van der Waals surface area contributed by atoms with Gasteiger partial charge in [-0.25, -0.2) is 0 Å². The Balaban J connectivity index is 1.81. The maximum absolute atomic E-state index is 13.2. The summed E-state index contributed by atoms with van der Waals surface area (Å²) >= 11 is 0. The fourth-order valence-electron chi connectivity index (χ4n) is 5.51. The van der Waals surface area contributed by atoms with Crippen LogP contribution in [0.15, 0.2) is 36.1 Å². The number of carbonyl (C=O) groups is 1. The predicted octanol–water partition coefficient (Wildman–Crippen LogP) is 2.76. The van der Waals surface area contributed by atoms with Crippen LogP contribution in [0.2, 0.25) is 0 Å². The van der Waals surface area contributed by atoms with Gasteiger partial charge in [0.2, 0.25) is 0 Å². The first kappa shape index (κ1) is 15.9. The molecule has 4 bridgehead atoms. The van der Waals surface area contributed by atoms with Crippen molar-refractivity contribution in [3.8, 4) is 0 Å². The molecular formula is C21H24N2O3. The van der Waals surface area contributed by atoms with Crippen molar-refractivity contribution in [1.82, 2.24) is 9.88 Å². The molecule has 3 aliphatic heterocycles. The van der Waals surface area contributed by atoms with Gasteiger partial charge in [-0.05, 0) is 43.5 Å². The van der Waals surface area contributed by atoms with Crippen LogP contribution in [-0.4, -0.2) is 49.2 Å². The van der Waals surface area contributed by atoms with E-state index in [1.54, 1.807) is 7.11 Å². The molecule has 1 saturated heterocycles. The van der Waals surface area contributed by atoms with Gasteiger partial charge in [-0.3, -0.25) is 9.69 Å². The molecule has 1 aliphatic carbocycles. The molecule has 0 spiro atoms. The first-order valence-electron chi connectivity index (χ1n) is 9.37. The summed E-state index contributed by atoms with van der Waals surface area (Å²) in [6.07, 6.45) is 4.97. The lowest BCUT2D eigenvalue weighted by Gasteiger charge is -2.54. The van der Waals surface area contributed by atoms with Crippen LogP contribution in [0.1, 0.15) is 24.1 Å². The van der Waals surface area contributed by atoms with E-state index in [0.29, 0.717) is 0 Å². The number of esters is 1. The van der Waals surface area contributed by atoms with Crippen molar-refractivity contribution in [2.24, 2.45) is 5.92 Å². The minimum absolute atomic E-state index is 0.0259. The van der Waals surface area contributed by atoms with Crippen LogP contribution in [0, 0.1) is 5.92 Å². The number of carbonyl (C=O) groups excluding carboxylic acids is 1. The van der Waals surface area contributed by atoms with E-state index in [0.717, 1.165) is 49.3 Å². The van der Waals surface area contributed by atoms with E-state index in [-0.39, 0.29) is 17.9 Å². The van der Waals surface area contributed by atoms with E-state index in [1.807, 2.05) is 6.07 Å². The van der Waals surface area contributed by atoms with Crippen LogP contribution in [-0.2, 0) is 26.1 Å². The number of methoxy groups -OCH3 is 2. The molecule has 0 radical (unpaired) electrons. The number of piperidine rings is 1. The highest BCUT2D eigenvalue weighted by atomic mass is 16.5. The molecule has 4 atom stereocenters. The van der Waals surface area contributed by atoms with Crippen LogP contribution in [0.3, 0.4) is 0 Å².